The fourth-order valence-electron chi connectivity index (χ4n) is 4.01. The van der Waals surface area contributed by atoms with E-state index >= 15 is 0 Å². The minimum absolute atomic E-state index is 0.0330. The molecule has 7 nitrogen and oxygen atoms in total. The molecule has 0 aliphatic carbocycles. The summed E-state index contributed by atoms with van der Waals surface area (Å²) in [4.78, 5) is 33.0. The summed E-state index contributed by atoms with van der Waals surface area (Å²) in [5.41, 5.74) is 2.15. The highest BCUT2D eigenvalue weighted by atomic mass is 32.2. The summed E-state index contributed by atoms with van der Waals surface area (Å²) in [6, 6.07) is 22.4. The summed E-state index contributed by atoms with van der Waals surface area (Å²) in [5, 5.41) is 1.03. The molecule has 1 aliphatic rings. The molecule has 35 heavy (non-hydrogen) atoms. The Balaban J connectivity index is 1.38. The number of para-hydroxylation sites is 2. The van der Waals surface area contributed by atoms with Crippen LogP contribution in [0.3, 0.4) is 0 Å². The number of carbonyl (C=O) groups excluding carboxylic acids is 1. The zero-order valence-corrected chi connectivity index (χ0v) is 20.2. The molecule has 1 aliphatic heterocycles. The van der Waals surface area contributed by atoms with Crippen molar-refractivity contribution in [2.24, 2.45) is 0 Å². The highest BCUT2D eigenvalue weighted by Crippen LogP contribution is 2.31. The van der Waals surface area contributed by atoms with E-state index in [0.29, 0.717) is 53.8 Å². The van der Waals surface area contributed by atoms with E-state index < -0.39 is 0 Å². The van der Waals surface area contributed by atoms with Gasteiger partial charge < -0.3 is 14.4 Å². The van der Waals surface area contributed by atoms with Crippen LogP contribution in [0.5, 0.6) is 11.5 Å². The zero-order chi connectivity index (χ0) is 24.2. The molecule has 0 unspecified atom stereocenters. The molecule has 2 heterocycles. The first-order chi connectivity index (χ1) is 17.1. The van der Waals surface area contributed by atoms with Gasteiger partial charge >= 0.3 is 0 Å². The molecule has 0 radical (unpaired) electrons. The molecule has 1 amide bonds. The van der Waals surface area contributed by atoms with Gasteiger partial charge in [-0.25, -0.2) is 4.98 Å². The Kier molecular flexibility index (Phi) is 6.72. The smallest absolute Gasteiger partial charge is 0.266 e. The van der Waals surface area contributed by atoms with Crippen LogP contribution >= 0.6 is 11.8 Å². The number of rotatable bonds is 7. The highest BCUT2D eigenvalue weighted by molar-refractivity contribution is 7.99. The Labute approximate surface area is 207 Å². The van der Waals surface area contributed by atoms with E-state index in [2.05, 4.69) is 0 Å². The summed E-state index contributed by atoms with van der Waals surface area (Å²) in [7, 11) is 0. The second kappa shape index (κ2) is 10.2. The summed E-state index contributed by atoms with van der Waals surface area (Å²) in [6.07, 6.45) is 0. The Hall–Kier alpha value is -3.78. The van der Waals surface area contributed by atoms with Crippen molar-refractivity contribution in [3.05, 3.63) is 88.7 Å². The van der Waals surface area contributed by atoms with Gasteiger partial charge in [0.15, 0.2) is 16.7 Å². The second-order valence-corrected chi connectivity index (χ2v) is 9.00. The number of thioether (sulfide) groups is 1. The molecule has 0 saturated carbocycles. The van der Waals surface area contributed by atoms with Gasteiger partial charge in [0.2, 0.25) is 5.91 Å². The number of nitrogens with zero attached hydrogens (tertiary/aromatic N) is 3. The van der Waals surface area contributed by atoms with E-state index in [1.54, 1.807) is 15.5 Å². The zero-order valence-electron chi connectivity index (χ0n) is 19.3. The van der Waals surface area contributed by atoms with Gasteiger partial charge in [-0.05, 0) is 48.9 Å². The van der Waals surface area contributed by atoms with Crippen LogP contribution in [0.15, 0.2) is 82.7 Å². The first-order valence-corrected chi connectivity index (χ1v) is 12.5. The van der Waals surface area contributed by atoms with Crippen LogP contribution in [0.2, 0.25) is 0 Å². The molecule has 0 bridgehead atoms. The largest absolute Gasteiger partial charge is 0.486 e. The van der Waals surface area contributed by atoms with Crippen LogP contribution in [0, 0.1) is 0 Å². The summed E-state index contributed by atoms with van der Waals surface area (Å²) in [6.45, 7) is 4.04. The van der Waals surface area contributed by atoms with Crippen molar-refractivity contribution >= 4 is 28.6 Å². The fraction of sp³-hybridized carbons (Fsp3) is 0.222. The highest BCUT2D eigenvalue weighted by Gasteiger charge is 2.19. The van der Waals surface area contributed by atoms with Crippen LogP contribution in [0.25, 0.3) is 16.6 Å². The molecular formula is C27H25N3O4S. The van der Waals surface area contributed by atoms with Crippen molar-refractivity contribution in [2.45, 2.75) is 18.6 Å². The quantitative estimate of drug-likeness (QED) is 0.286. The monoisotopic (exact) mass is 487 g/mol. The third-order valence-corrected chi connectivity index (χ3v) is 6.72. The van der Waals surface area contributed by atoms with Crippen molar-refractivity contribution in [2.75, 3.05) is 25.5 Å². The van der Waals surface area contributed by atoms with Crippen molar-refractivity contribution in [1.82, 2.24) is 14.5 Å². The second-order valence-electron chi connectivity index (χ2n) is 8.06. The first kappa shape index (κ1) is 23.0. The van der Waals surface area contributed by atoms with Gasteiger partial charge in [0.05, 0.1) is 22.3 Å². The Bertz CT molecular complexity index is 1420. The van der Waals surface area contributed by atoms with Crippen LogP contribution in [0.4, 0.5) is 0 Å². The lowest BCUT2D eigenvalue weighted by molar-refractivity contribution is -0.128. The maximum Gasteiger partial charge on any atom is 0.266 e. The number of fused-ring (bicyclic) bond motifs is 2. The summed E-state index contributed by atoms with van der Waals surface area (Å²) >= 11 is 1.27. The molecule has 5 rings (SSSR count). The van der Waals surface area contributed by atoms with Crippen molar-refractivity contribution in [1.29, 1.82) is 0 Å². The van der Waals surface area contributed by atoms with Crippen LogP contribution in [-0.2, 0) is 11.3 Å². The predicted molar refractivity (Wildman–Crippen MR) is 137 cm³/mol. The maximum absolute atomic E-state index is 13.3. The molecular weight excluding hydrogens is 462 g/mol. The first-order valence-electron chi connectivity index (χ1n) is 11.5. The minimum Gasteiger partial charge on any atom is -0.486 e. The van der Waals surface area contributed by atoms with Crippen LogP contribution in [0.1, 0.15) is 12.5 Å². The number of ether oxygens (including phenoxy) is 2. The molecule has 1 aromatic heterocycles. The predicted octanol–water partition coefficient (Wildman–Crippen LogP) is 4.30. The summed E-state index contributed by atoms with van der Waals surface area (Å²) in [5.74, 6) is 1.56. The third kappa shape index (κ3) is 4.88. The van der Waals surface area contributed by atoms with Gasteiger partial charge in [0, 0.05) is 13.1 Å². The number of amides is 1. The van der Waals surface area contributed by atoms with Gasteiger partial charge in [0.25, 0.3) is 5.56 Å². The van der Waals surface area contributed by atoms with E-state index in [1.165, 1.54) is 11.8 Å². The molecule has 8 heteroatoms. The Morgan fingerprint density at radius 1 is 1.00 bits per heavy atom. The number of carbonyl (C=O) groups is 1. The molecule has 0 spiro atoms. The number of benzene rings is 3. The lowest BCUT2D eigenvalue weighted by Gasteiger charge is -2.23. The van der Waals surface area contributed by atoms with Gasteiger partial charge in [-0.3, -0.25) is 14.2 Å². The Morgan fingerprint density at radius 3 is 2.54 bits per heavy atom. The normalized spacial score (nSPS) is 12.5. The number of hydrogen-bond acceptors (Lipinski definition) is 6. The minimum atomic E-state index is -0.152. The van der Waals surface area contributed by atoms with E-state index in [9.17, 15) is 9.59 Å². The van der Waals surface area contributed by atoms with Crippen molar-refractivity contribution in [3.63, 3.8) is 0 Å². The third-order valence-electron chi connectivity index (χ3n) is 5.80. The SMILES string of the molecule is CCN(Cc1ccc2c(c1)OCCO2)C(=O)CSc1nc2ccccc2c(=O)n1-c1ccccc1. The summed E-state index contributed by atoms with van der Waals surface area (Å²) < 4.78 is 12.8. The molecule has 3 aromatic carbocycles. The molecule has 0 N–H and O–H groups in total. The lowest BCUT2D eigenvalue weighted by atomic mass is 10.2. The van der Waals surface area contributed by atoms with E-state index in [4.69, 9.17) is 14.5 Å². The van der Waals surface area contributed by atoms with Crippen molar-refractivity contribution in [3.8, 4) is 17.2 Å². The standard InChI is InChI=1S/C27H25N3O4S/c1-2-29(17-19-12-13-23-24(16-19)34-15-14-33-23)25(31)18-35-27-28-22-11-7-6-10-21(22)26(32)30(27)20-8-4-3-5-9-20/h3-13,16H,2,14-15,17-18H2,1H3. The van der Waals surface area contributed by atoms with Crippen LogP contribution < -0.4 is 15.0 Å². The van der Waals surface area contributed by atoms with E-state index in [1.807, 2.05) is 73.7 Å². The molecule has 0 saturated heterocycles. The van der Waals surface area contributed by atoms with E-state index in [0.717, 1.165) is 11.3 Å². The van der Waals surface area contributed by atoms with E-state index in [-0.39, 0.29) is 17.2 Å². The van der Waals surface area contributed by atoms with Crippen LogP contribution in [-0.4, -0.2) is 45.9 Å². The maximum atomic E-state index is 13.3. The molecule has 0 atom stereocenters. The molecule has 178 valence electrons. The topological polar surface area (TPSA) is 73.7 Å². The molecule has 4 aromatic rings. The van der Waals surface area contributed by atoms with Gasteiger partial charge in [0.1, 0.15) is 13.2 Å². The number of hydrogen-bond donors (Lipinski definition) is 0. The Morgan fingerprint density at radius 2 is 1.74 bits per heavy atom. The molecule has 0 fully saturated rings. The van der Waals surface area contributed by atoms with Gasteiger partial charge in [-0.1, -0.05) is 48.2 Å². The average molecular weight is 488 g/mol. The average Bonchev–Trinajstić information content (AvgIpc) is 2.91. The van der Waals surface area contributed by atoms with Crippen molar-refractivity contribution < 1.29 is 14.3 Å². The lowest BCUT2D eigenvalue weighted by Crippen LogP contribution is -2.32. The van der Waals surface area contributed by atoms with Gasteiger partial charge in [-0.2, -0.15) is 0 Å². The fourth-order valence-corrected chi connectivity index (χ4v) is 4.93. The van der Waals surface area contributed by atoms with Gasteiger partial charge in [-0.15, -0.1) is 0 Å². The number of aromatic nitrogens is 2.